The van der Waals surface area contributed by atoms with Crippen LogP contribution in [-0.4, -0.2) is 101 Å². The average molecular weight is 648 g/mol. The Hall–Kier alpha value is -3.35. The molecule has 3 aromatic rings. The molecule has 2 aromatic heterocycles. The van der Waals surface area contributed by atoms with E-state index in [1.807, 2.05) is 24.1 Å². The van der Waals surface area contributed by atoms with E-state index in [1.165, 1.54) is 5.56 Å². The molecule has 1 aromatic carbocycles. The second-order valence-electron chi connectivity index (χ2n) is 14.4. The molecule has 10 nitrogen and oxygen atoms in total. The molecule has 3 saturated heterocycles. The Bertz CT molecular complexity index is 1620. The van der Waals surface area contributed by atoms with E-state index in [0.717, 1.165) is 94.0 Å². The first-order valence-electron chi connectivity index (χ1n) is 17.6. The number of aromatic nitrogens is 3. The number of nitrogens with one attached hydrogen (secondary N) is 3. The highest BCUT2D eigenvalue weighted by atomic mass is 19.3. The number of anilines is 3. The number of hydrogen-bond acceptors (Lipinski definition) is 8. The number of amides is 1. The van der Waals surface area contributed by atoms with Crippen molar-refractivity contribution in [3.8, 4) is 0 Å². The van der Waals surface area contributed by atoms with E-state index in [9.17, 15) is 4.79 Å². The van der Waals surface area contributed by atoms with Gasteiger partial charge in [0.2, 0.25) is 0 Å². The van der Waals surface area contributed by atoms with Crippen molar-refractivity contribution >= 4 is 28.7 Å². The first kappa shape index (κ1) is 31.0. The summed E-state index contributed by atoms with van der Waals surface area (Å²) in [5.74, 6) is -2.15. The van der Waals surface area contributed by atoms with Crippen molar-refractivity contribution in [2.24, 2.45) is 5.41 Å². The number of alkyl halides is 2. The highest BCUT2D eigenvalue weighted by Crippen LogP contribution is 2.51. The smallest absolute Gasteiger partial charge is 0.271 e. The summed E-state index contributed by atoms with van der Waals surface area (Å²) in [6, 6.07) is 8.94. The number of fused-ring (bicyclic) bond motifs is 2. The largest absolute Gasteiger partial charge is 0.385 e. The van der Waals surface area contributed by atoms with Gasteiger partial charge in [-0.3, -0.25) is 9.69 Å². The molecule has 4 aliphatic heterocycles. The summed E-state index contributed by atoms with van der Waals surface area (Å²) in [5.41, 5.74) is 4.26. The van der Waals surface area contributed by atoms with Crippen molar-refractivity contribution in [1.29, 1.82) is 0 Å². The van der Waals surface area contributed by atoms with Gasteiger partial charge in [0.05, 0.1) is 18.4 Å². The maximum atomic E-state index is 16.1. The summed E-state index contributed by atoms with van der Waals surface area (Å²) in [5, 5.41) is 14.7. The zero-order chi connectivity index (χ0) is 32.2. The van der Waals surface area contributed by atoms with Gasteiger partial charge < -0.3 is 25.8 Å². The fourth-order valence-electron chi connectivity index (χ4n) is 8.69. The number of nitrogens with zero attached hydrogens (tertiary/aromatic N) is 6. The normalized spacial score (nSPS) is 23.6. The van der Waals surface area contributed by atoms with Gasteiger partial charge >= 0.3 is 0 Å². The van der Waals surface area contributed by atoms with Crippen LogP contribution in [0.25, 0.3) is 5.65 Å². The Morgan fingerprint density at radius 3 is 2.57 bits per heavy atom. The van der Waals surface area contributed by atoms with Crippen molar-refractivity contribution in [3.05, 3.63) is 47.3 Å². The fourth-order valence-corrected chi connectivity index (χ4v) is 8.69. The summed E-state index contributed by atoms with van der Waals surface area (Å²) in [7, 11) is 1.84. The molecule has 6 heterocycles. The molecule has 3 N–H and O–H groups in total. The lowest BCUT2D eigenvalue weighted by atomic mass is 9.68. The third-order valence-electron chi connectivity index (χ3n) is 11.9. The zero-order valence-corrected chi connectivity index (χ0v) is 27.4. The van der Waals surface area contributed by atoms with Crippen LogP contribution in [0.4, 0.5) is 26.0 Å². The van der Waals surface area contributed by atoms with E-state index >= 15 is 8.78 Å². The molecular weight excluding hydrogens is 600 g/mol. The van der Waals surface area contributed by atoms with Gasteiger partial charge in [-0.2, -0.15) is 0 Å². The third kappa shape index (κ3) is 5.55. The molecule has 1 spiro atoms. The Labute approximate surface area is 275 Å². The van der Waals surface area contributed by atoms with Crippen LogP contribution in [0.3, 0.4) is 0 Å². The second-order valence-corrected chi connectivity index (χ2v) is 14.4. The van der Waals surface area contributed by atoms with Crippen LogP contribution < -0.4 is 20.9 Å². The molecule has 12 heteroatoms. The number of hydrogen-bond donors (Lipinski definition) is 3. The van der Waals surface area contributed by atoms with E-state index in [2.05, 4.69) is 42.9 Å². The van der Waals surface area contributed by atoms with Crippen molar-refractivity contribution in [3.63, 3.8) is 0 Å². The van der Waals surface area contributed by atoms with E-state index in [-0.39, 0.29) is 18.5 Å². The summed E-state index contributed by atoms with van der Waals surface area (Å²) >= 11 is 0. The molecule has 0 unspecified atom stereocenters. The van der Waals surface area contributed by atoms with E-state index < -0.39 is 11.3 Å². The first-order chi connectivity index (χ1) is 22.8. The van der Waals surface area contributed by atoms with Crippen LogP contribution in [0.15, 0.2) is 30.5 Å². The van der Waals surface area contributed by atoms with Gasteiger partial charge in [-0.25, -0.2) is 18.3 Å². The molecule has 1 amide bonds. The van der Waals surface area contributed by atoms with Crippen LogP contribution in [0.5, 0.6) is 0 Å². The fraction of sp³-hybridized carbons (Fsp3) is 0.629. The molecule has 252 valence electrons. The summed E-state index contributed by atoms with van der Waals surface area (Å²) in [6.45, 7) is 5.42. The molecule has 4 fully saturated rings. The predicted molar refractivity (Wildman–Crippen MR) is 179 cm³/mol. The van der Waals surface area contributed by atoms with E-state index in [4.69, 9.17) is 5.10 Å². The molecule has 8 rings (SSSR count). The van der Waals surface area contributed by atoms with Crippen molar-refractivity contribution < 1.29 is 13.6 Å². The number of benzene rings is 1. The van der Waals surface area contributed by atoms with Gasteiger partial charge in [0.1, 0.15) is 0 Å². The summed E-state index contributed by atoms with van der Waals surface area (Å²) in [4.78, 5) is 24.2. The van der Waals surface area contributed by atoms with Crippen molar-refractivity contribution in [1.82, 2.24) is 35.0 Å². The highest BCUT2D eigenvalue weighted by molar-refractivity contribution is 5.94. The first-order valence-corrected chi connectivity index (χ1v) is 17.6. The minimum atomic E-state index is -2.70. The van der Waals surface area contributed by atoms with Gasteiger partial charge in [-0.1, -0.05) is 12.1 Å². The number of imidazole rings is 1. The lowest BCUT2D eigenvalue weighted by molar-refractivity contribution is -0.191. The van der Waals surface area contributed by atoms with Crippen molar-refractivity contribution in [2.45, 2.75) is 82.3 Å². The van der Waals surface area contributed by atoms with E-state index in [0.29, 0.717) is 49.7 Å². The Balaban J connectivity index is 0.981. The topological polar surface area (TPSA) is 93.1 Å². The average Bonchev–Trinajstić information content (AvgIpc) is 3.70. The van der Waals surface area contributed by atoms with Gasteiger partial charge in [-0.05, 0) is 108 Å². The standard InChI is InChI=1S/C35H47F2N9O/c1-38-28-20-31(42-46-30(21-40-32(28)46)33(47)41-25-5-3-6-25)45-16-10-27-24(4-2-7-29(27)45)22-43-17-11-34(35(36,37)23-43)12-18-44(19-13-34)26-8-14-39-15-9-26/h2,4,7,20-21,25-26,38-39H,3,5-6,8-19,22-23H2,1H3,(H,41,47). The quantitative estimate of drug-likeness (QED) is 0.347. The lowest BCUT2D eigenvalue weighted by Crippen LogP contribution is -2.60. The van der Waals surface area contributed by atoms with Crippen LogP contribution in [0, 0.1) is 5.41 Å². The minimum absolute atomic E-state index is 0.162. The number of piperidine rings is 3. The van der Waals surface area contributed by atoms with Crippen LogP contribution in [-0.2, 0) is 13.0 Å². The second kappa shape index (κ2) is 12.3. The molecule has 0 radical (unpaired) electrons. The summed E-state index contributed by atoms with van der Waals surface area (Å²) in [6.07, 6.45) is 9.54. The Kier molecular flexibility index (Phi) is 8.08. The van der Waals surface area contributed by atoms with Crippen LogP contribution in [0.2, 0.25) is 0 Å². The number of rotatable bonds is 7. The minimum Gasteiger partial charge on any atom is -0.385 e. The Morgan fingerprint density at radius 2 is 1.85 bits per heavy atom. The van der Waals surface area contributed by atoms with Gasteiger partial charge in [0.15, 0.2) is 17.2 Å². The highest BCUT2D eigenvalue weighted by Gasteiger charge is 2.57. The number of carbonyl (C=O) groups is 1. The van der Waals surface area contributed by atoms with E-state index in [1.54, 1.807) is 10.7 Å². The van der Waals surface area contributed by atoms with Crippen LogP contribution >= 0.6 is 0 Å². The monoisotopic (exact) mass is 647 g/mol. The van der Waals surface area contributed by atoms with Gasteiger partial charge in [-0.15, -0.1) is 5.10 Å². The molecule has 0 bridgehead atoms. The number of carbonyl (C=O) groups excluding carboxylic acids is 1. The molecule has 1 aliphatic carbocycles. The van der Waals surface area contributed by atoms with Gasteiger partial charge in [0, 0.05) is 49.4 Å². The maximum absolute atomic E-state index is 16.1. The molecule has 47 heavy (non-hydrogen) atoms. The number of likely N-dealkylation sites (tertiary alicyclic amines) is 2. The van der Waals surface area contributed by atoms with Crippen molar-refractivity contribution in [2.75, 3.05) is 63.1 Å². The van der Waals surface area contributed by atoms with Crippen LogP contribution in [0.1, 0.15) is 73.0 Å². The number of halogens is 2. The van der Waals surface area contributed by atoms with Gasteiger partial charge in [0.25, 0.3) is 11.8 Å². The zero-order valence-electron chi connectivity index (χ0n) is 27.4. The molecule has 1 saturated carbocycles. The lowest BCUT2D eigenvalue weighted by Gasteiger charge is -2.52. The molecular formula is C35H47F2N9O. The predicted octanol–water partition coefficient (Wildman–Crippen LogP) is 4.42. The third-order valence-corrected chi connectivity index (χ3v) is 11.9. The molecule has 0 atom stereocenters. The Morgan fingerprint density at radius 1 is 1.06 bits per heavy atom. The summed E-state index contributed by atoms with van der Waals surface area (Å²) < 4.78 is 33.7. The SMILES string of the molecule is CNc1cc(N2CCc3c(CN4CCC5(CCN(C6CCNCC6)CC5)C(F)(F)C4)cccc32)nn2c(C(=O)NC3CCC3)cnc12. The molecule has 5 aliphatic rings. The maximum Gasteiger partial charge on any atom is 0.271 e.